The number of hydrogen-bond donors (Lipinski definition) is 1. The second-order valence-electron chi connectivity index (χ2n) is 6.02. The molecule has 3 heteroatoms. The zero-order chi connectivity index (χ0) is 17.0. The summed E-state index contributed by atoms with van der Waals surface area (Å²) in [6.45, 7) is 0. The molecule has 2 unspecified atom stereocenters. The molecule has 3 rings (SSSR count). The lowest BCUT2D eigenvalue weighted by Crippen LogP contribution is -2.60. The van der Waals surface area contributed by atoms with Crippen molar-refractivity contribution in [3.05, 3.63) is 96.1 Å². The summed E-state index contributed by atoms with van der Waals surface area (Å²) >= 11 is 0. The molecule has 24 heavy (non-hydrogen) atoms. The average molecular weight is 316 g/mol. The minimum absolute atomic E-state index is 0.182. The van der Waals surface area contributed by atoms with Gasteiger partial charge in [-0.05, 0) is 12.0 Å². The van der Waals surface area contributed by atoms with Crippen LogP contribution >= 0.6 is 0 Å². The van der Waals surface area contributed by atoms with Gasteiger partial charge < -0.3 is 5.73 Å². The Balaban J connectivity index is 2.14. The number of ketones is 1. The molecule has 2 aromatic carbocycles. The van der Waals surface area contributed by atoms with Crippen molar-refractivity contribution in [2.24, 2.45) is 11.1 Å². The molecule has 1 aliphatic rings. The molecule has 0 fully saturated rings. The maximum Gasteiger partial charge on any atom is 0.225 e. The molecule has 0 saturated heterocycles. The van der Waals surface area contributed by atoms with Crippen molar-refractivity contribution in [3.63, 3.8) is 0 Å². The normalized spacial score (nSPS) is 25.4. The van der Waals surface area contributed by atoms with Crippen LogP contribution in [0.4, 0.5) is 0 Å². The van der Waals surface area contributed by atoms with Crippen LogP contribution in [0.2, 0.25) is 0 Å². The van der Waals surface area contributed by atoms with E-state index in [1.54, 1.807) is 48.6 Å². The van der Waals surface area contributed by atoms with Gasteiger partial charge in [0.2, 0.25) is 6.29 Å². The minimum Gasteiger partial charge on any atom is -0.314 e. The Morgan fingerprint density at radius 1 is 0.917 bits per heavy atom. The molecule has 0 bridgehead atoms. The summed E-state index contributed by atoms with van der Waals surface area (Å²) < 4.78 is 0. The van der Waals surface area contributed by atoms with Gasteiger partial charge in [-0.25, -0.2) is 0 Å². The van der Waals surface area contributed by atoms with E-state index in [4.69, 9.17) is 5.73 Å². The van der Waals surface area contributed by atoms with Gasteiger partial charge in [-0.2, -0.15) is 0 Å². The molecule has 0 aromatic heterocycles. The highest BCUT2D eigenvalue weighted by Crippen LogP contribution is 2.40. The lowest BCUT2D eigenvalue weighted by molar-refractivity contribution is 0.0806. The van der Waals surface area contributed by atoms with Crippen LogP contribution in [0.3, 0.4) is 0 Å². The Bertz CT molecular complexity index is 795. The van der Waals surface area contributed by atoms with Crippen LogP contribution in [0.15, 0.2) is 85.0 Å². The highest BCUT2D eigenvalue weighted by molar-refractivity contribution is 6.06. The highest BCUT2D eigenvalue weighted by Gasteiger charge is 2.53. The van der Waals surface area contributed by atoms with E-state index in [0.717, 1.165) is 5.56 Å². The molecular weight excluding hydrogens is 298 g/mol. The van der Waals surface area contributed by atoms with Crippen molar-refractivity contribution < 1.29 is 9.59 Å². The summed E-state index contributed by atoms with van der Waals surface area (Å²) in [5, 5.41) is 0. The quantitative estimate of drug-likeness (QED) is 0.863. The fourth-order valence-corrected chi connectivity index (χ4v) is 3.15. The van der Waals surface area contributed by atoms with Crippen molar-refractivity contribution in [2.75, 3.05) is 0 Å². The second kappa shape index (κ2) is 6.38. The van der Waals surface area contributed by atoms with E-state index in [-0.39, 0.29) is 5.78 Å². The smallest absolute Gasteiger partial charge is 0.225 e. The van der Waals surface area contributed by atoms with Crippen molar-refractivity contribution in [3.8, 4) is 0 Å². The van der Waals surface area contributed by atoms with Crippen LogP contribution in [0.1, 0.15) is 15.9 Å². The lowest BCUT2D eigenvalue weighted by atomic mass is 9.61. The summed E-state index contributed by atoms with van der Waals surface area (Å²) in [6.07, 6.45) is 8.99. The second-order valence-corrected chi connectivity index (χ2v) is 6.02. The van der Waals surface area contributed by atoms with Gasteiger partial charge in [-0.3, -0.25) is 9.59 Å². The Hall–Kier alpha value is -2.78. The van der Waals surface area contributed by atoms with Crippen molar-refractivity contribution in [1.29, 1.82) is 0 Å². The van der Waals surface area contributed by atoms with Crippen LogP contribution in [-0.4, -0.2) is 17.6 Å². The van der Waals surface area contributed by atoms with Crippen molar-refractivity contribution in [2.45, 2.75) is 12.0 Å². The summed E-state index contributed by atoms with van der Waals surface area (Å²) in [6, 6.07) is 18.5. The first kappa shape index (κ1) is 16.1. The Morgan fingerprint density at radius 3 is 2.12 bits per heavy atom. The Labute approximate surface area is 141 Å². The van der Waals surface area contributed by atoms with Gasteiger partial charge in [-0.15, -0.1) is 0 Å². The monoisotopic (exact) mass is 316 g/mol. The fraction of sp³-hybridized carbons (Fsp3) is 0.143. The number of benzene rings is 2. The molecule has 0 aliphatic heterocycles. The van der Waals surface area contributed by atoms with E-state index in [2.05, 4.69) is 0 Å². The third-order valence-electron chi connectivity index (χ3n) is 4.52. The van der Waals surface area contributed by atoms with E-state index in [1.807, 2.05) is 42.7 Å². The van der Waals surface area contributed by atoms with Crippen LogP contribution < -0.4 is 5.73 Å². The molecule has 0 amide bonds. The Kier molecular flexibility index (Phi) is 4.28. The van der Waals surface area contributed by atoms with Crippen LogP contribution in [0.25, 0.3) is 0 Å². The zero-order valence-corrected chi connectivity index (χ0v) is 13.2. The predicted molar refractivity (Wildman–Crippen MR) is 94.2 cm³/mol. The van der Waals surface area contributed by atoms with Crippen molar-refractivity contribution >= 4 is 12.1 Å². The topological polar surface area (TPSA) is 60.2 Å². The third-order valence-corrected chi connectivity index (χ3v) is 4.52. The molecule has 2 aromatic rings. The molecule has 3 nitrogen and oxygen atoms in total. The number of nitrogens with two attached hydrogens (primary N) is 1. The van der Waals surface area contributed by atoms with Crippen LogP contribution in [0.5, 0.6) is 0 Å². The third kappa shape index (κ3) is 2.63. The van der Waals surface area contributed by atoms with Crippen molar-refractivity contribution in [1.82, 2.24) is 0 Å². The van der Waals surface area contributed by atoms with Crippen LogP contribution in [0, 0.1) is 5.41 Å². The SMILES string of the molecule is NC1([C]=O)C=CC=CC1(Cc1ccccc1)C(=O)c1ccccc1. The molecule has 2 N–H and O–H groups in total. The number of allylic oxidation sites excluding steroid dienone is 2. The molecule has 1 radical (unpaired) electrons. The van der Waals surface area contributed by atoms with E-state index < -0.39 is 11.0 Å². The van der Waals surface area contributed by atoms with Gasteiger partial charge >= 0.3 is 0 Å². The Morgan fingerprint density at radius 2 is 1.50 bits per heavy atom. The average Bonchev–Trinajstić information content (AvgIpc) is 2.64. The first-order valence-electron chi connectivity index (χ1n) is 7.80. The molecule has 1 aliphatic carbocycles. The first-order chi connectivity index (χ1) is 11.6. The largest absolute Gasteiger partial charge is 0.314 e. The molecule has 0 saturated carbocycles. The maximum atomic E-state index is 13.4. The number of Topliss-reactive ketones (excluding diaryl/α,β-unsaturated/α-hetero) is 1. The van der Waals surface area contributed by atoms with Gasteiger partial charge in [0.1, 0.15) is 5.54 Å². The highest BCUT2D eigenvalue weighted by atomic mass is 16.1. The summed E-state index contributed by atoms with van der Waals surface area (Å²) in [4.78, 5) is 25.1. The predicted octanol–water partition coefficient (Wildman–Crippen LogP) is 3.03. The number of hydrogen-bond acceptors (Lipinski definition) is 3. The fourth-order valence-electron chi connectivity index (χ4n) is 3.15. The molecule has 119 valence electrons. The number of rotatable bonds is 5. The number of carbonyl (C=O) groups excluding carboxylic acids is 2. The number of carbonyl (C=O) groups is 1. The minimum atomic E-state index is -1.51. The van der Waals surface area contributed by atoms with E-state index in [0.29, 0.717) is 12.0 Å². The zero-order valence-electron chi connectivity index (χ0n) is 13.2. The van der Waals surface area contributed by atoms with Crippen LogP contribution in [-0.2, 0) is 11.2 Å². The van der Waals surface area contributed by atoms with E-state index in [1.165, 1.54) is 0 Å². The van der Waals surface area contributed by atoms with Gasteiger partial charge in [-0.1, -0.05) is 85.0 Å². The molecule has 0 spiro atoms. The van der Waals surface area contributed by atoms with Gasteiger partial charge in [0.15, 0.2) is 5.78 Å². The maximum absolute atomic E-state index is 13.4. The summed E-state index contributed by atoms with van der Waals surface area (Å²) in [5.41, 5.74) is 5.09. The molecule has 0 heterocycles. The van der Waals surface area contributed by atoms with E-state index in [9.17, 15) is 9.59 Å². The molecular formula is C21H18NO2. The standard InChI is InChI=1S/C21H18NO2/c22-21(16-23)14-8-7-13-20(21,15-17-9-3-1-4-10-17)19(24)18-11-5-2-6-12-18/h1-14H,15,22H2. The van der Waals surface area contributed by atoms with Gasteiger partial charge in [0, 0.05) is 5.56 Å². The summed E-state index contributed by atoms with van der Waals surface area (Å²) in [5.74, 6) is -0.182. The van der Waals surface area contributed by atoms with E-state index >= 15 is 0 Å². The summed E-state index contributed by atoms with van der Waals surface area (Å²) in [7, 11) is 0. The molecule has 2 atom stereocenters. The van der Waals surface area contributed by atoms with Gasteiger partial charge in [0.05, 0.1) is 5.41 Å². The first-order valence-corrected chi connectivity index (χ1v) is 7.80. The lowest BCUT2D eigenvalue weighted by Gasteiger charge is -2.41. The van der Waals surface area contributed by atoms with Gasteiger partial charge in [0.25, 0.3) is 0 Å².